The number of rotatable bonds is 10. The first-order valence-electron chi connectivity index (χ1n) is 12.6. The van der Waals surface area contributed by atoms with Gasteiger partial charge < -0.3 is 25.5 Å². The highest BCUT2D eigenvalue weighted by Crippen LogP contribution is 2.35. The van der Waals surface area contributed by atoms with Gasteiger partial charge in [-0.05, 0) is 68.6 Å². The number of aromatic hydroxyl groups is 1. The average molecular weight is 522 g/mol. The van der Waals surface area contributed by atoms with Crippen LogP contribution in [0.2, 0.25) is 0 Å². The standard InChI is InChI=1S/C28H35N5O3S/c1-19-18-37-27(31-19)25-9-5-12-33(25)28(36)22-14-21(15-23(16-22)32(2)3)26(35)30-11-6-10-29-17-20-7-4-8-24(34)13-20/h4,7-8,13-16,18,25,29,34H,5-6,9-12,17H2,1-3H3,(H,30,35). The highest BCUT2D eigenvalue weighted by molar-refractivity contribution is 7.09. The van der Waals surface area contributed by atoms with E-state index >= 15 is 0 Å². The molecule has 1 aliphatic heterocycles. The third-order valence-corrected chi connectivity index (χ3v) is 7.50. The van der Waals surface area contributed by atoms with Crippen LogP contribution in [-0.4, -0.2) is 60.5 Å². The minimum atomic E-state index is -0.195. The molecule has 2 aromatic carbocycles. The molecule has 0 bridgehead atoms. The Labute approximate surface area is 222 Å². The van der Waals surface area contributed by atoms with Crippen molar-refractivity contribution >= 4 is 28.8 Å². The van der Waals surface area contributed by atoms with Gasteiger partial charge in [0.25, 0.3) is 11.8 Å². The number of likely N-dealkylation sites (tertiary alicyclic amines) is 1. The highest BCUT2D eigenvalue weighted by atomic mass is 32.1. The summed E-state index contributed by atoms with van der Waals surface area (Å²) < 4.78 is 0. The molecule has 37 heavy (non-hydrogen) atoms. The molecule has 1 aliphatic rings. The Morgan fingerprint density at radius 1 is 1.16 bits per heavy atom. The van der Waals surface area contributed by atoms with E-state index < -0.39 is 0 Å². The number of phenols is 1. The fourth-order valence-electron chi connectivity index (χ4n) is 4.50. The van der Waals surface area contributed by atoms with E-state index in [2.05, 4.69) is 15.6 Å². The number of nitrogens with zero attached hydrogens (tertiary/aromatic N) is 3. The van der Waals surface area contributed by atoms with Gasteiger partial charge in [-0.3, -0.25) is 9.59 Å². The second-order valence-electron chi connectivity index (χ2n) is 9.60. The number of aromatic nitrogens is 1. The summed E-state index contributed by atoms with van der Waals surface area (Å²) in [5.74, 6) is -0.00795. The Morgan fingerprint density at radius 2 is 1.97 bits per heavy atom. The molecule has 0 radical (unpaired) electrons. The summed E-state index contributed by atoms with van der Waals surface area (Å²) in [4.78, 5) is 35.0. The fourth-order valence-corrected chi connectivity index (χ4v) is 5.44. The summed E-state index contributed by atoms with van der Waals surface area (Å²) in [6.07, 6.45) is 2.60. The molecule has 9 heteroatoms. The molecule has 2 amide bonds. The van der Waals surface area contributed by atoms with E-state index in [1.54, 1.807) is 29.5 Å². The largest absolute Gasteiger partial charge is 0.508 e. The lowest BCUT2D eigenvalue weighted by Gasteiger charge is -2.24. The Hall–Kier alpha value is -3.43. The van der Waals surface area contributed by atoms with Crippen LogP contribution in [0, 0.1) is 6.92 Å². The molecule has 196 valence electrons. The topological polar surface area (TPSA) is 97.8 Å². The third-order valence-electron chi connectivity index (χ3n) is 6.43. The number of carbonyl (C=O) groups is 2. The van der Waals surface area contributed by atoms with Crippen LogP contribution < -0.4 is 15.5 Å². The number of amides is 2. The summed E-state index contributed by atoms with van der Waals surface area (Å²) in [5, 5.41) is 18.8. The number of aryl methyl sites for hydroxylation is 1. The number of phenolic OH excluding ortho intramolecular Hbond substituents is 1. The number of hydrogen-bond acceptors (Lipinski definition) is 7. The molecule has 2 heterocycles. The Bertz CT molecular complexity index is 1240. The van der Waals surface area contributed by atoms with Crippen molar-refractivity contribution in [3.8, 4) is 5.75 Å². The van der Waals surface area contributed by atoms with E-state index in [1.807, 2.05) is 60.5 Å². The van der Waals surface area contributed by atoms with Crippen molar-refractivity contribution in [2.45, 2.75) is 38.8 Å². The van der Waals surface area contributed by atoms with E-state index in [0.29, 0.717) is 30.8 Å². The van der Waals surface area contributed by atoms with Crippen LogP contribution in [-0.2, 0) is 6.54 Å². The van der Waals surface area contributed by atoms with Crippen LogP contribution in [0.1, 0.15) is 62.3 Å². The van der Waals surface area contributed by atoms with Crippen molar-refractivity contribution in [3.05, 3.63) is 75.2 Å². The second-order valence-corrected chi connectivity index (χ2v) is 10.5. The number of benzene rings is 2. The molecule has 1 atom stereocenters. The van der Waals surface area contributed by atoms with Gasteiger partial charge in [0.1, 0.15) is 10.8 Å². The number of anilines is 1. The minimum Gasteiger partial charge on any atom is -0.508 e. The summed E-state index contributed by atoms with van der Waals surface area (Å²) in [6.45, 7) is 4.54. The van der Waals surface area contributed by atoms with Crippen LogP contribution in [0.5, 0.6) is 5.75 Å². The van der Waals surface area contributed by atoms with Gasteiger partial charge in [-0.2, -0.15) is 0 Å². The van der Waals surface area contributed by atoms with Crippen molar-refractivity contribution in [3.63, 3.8) is 0 Å². The summed E-state index contributed by atoms with van der Waals surface area (Å²) in [5.41, 5.74) is 3.78. The predicted molar refractivity (Wildman–Crippen MR) is 147 cm³/mol. The first-order chi connectivity index (χ1) is 17.8. The molecule has 3 aromatic rings. The van der Waals surface area contributed by atoms with Crippen LogP contribution in [0.15, 0.2) is 47.8 Å². The van der Waals surface area contributed by atoms with Gasteiger partial charge in [-0.25, -0.2) is 4.98 Å². The molecule has 3 N–H and O–H groups in total. The molecular weight excluding hydrogens is 486 g/mol. The van der Waals surface area contributed by atoms with E-state index in [4.69, 9.17) is 0 Å². The van der Waals surface area contributed by atoms with Crippen LogP contribution in [0.25, 0.3) is 0 Å². The molecule has 1 aromatic heterocycles. The van der Waals surface area contributed by atoms with Gasteiger partial charge in [0.15, 0.2) is 0 Å². The molecule has 1 fully saturated rings. The van der Waals surface area contributed by atoms with Crippen molar-refractivity contribution in [2.75, 3.05) is 38.6 Å². The van der Waals surface area contributed by atoms with E-state index in [-0.39, 0.29) is 23.6 Å². The zero-order valence-electron chi connectivity index (χ0n) is 21.7. The minimum absolute atomic E-state index is 0.0150. The van der Waals surface area contributed by atoms with Crippen LogP contribution >= 0.6 is 11.3 Å². The quantitative estimate of drug-likeness (QED) is 0.348. The fraction of sp³-hybridized carbons (Fsp3) is 0.393. The van der Waals surface area contributed by atoms with Crippen molar-refractivity contribution in [1.82, 2.24) is 20.5 Å². The molecule has 1 unspecified atom stereocenters. The van der Waals surface area contributed by atoms with Gasteiger partial charge >= 0.3 is 0 Å². The molecule has 8 nitrogen and oxygen atoms in total. The van der Waals surface area contributed by atoms with E-state index in [0.717, 1.165) is 47.8 Å². The van der Waals surface area contributed by atoms with Crippen molar-refractivity contribution in [1.29, 1.82) is 0 Å². The molecule has 0 aliphatic carbocycles. The molecule has 4 rings (SSSR count). The van der Waals surface area contributed by atoms with Gasteiger partial charge in [0.2, 0.25) is 0 Å². The summed E-state index contributed by atoms with van der Waals surface area (Å²) in [6, 6.07) is 12.5. The summed E-state index contributed by atoms with van der Waals surface area (Å²) in [7, 11) is 3.81. The monoisotopic (exact) mass is 521 g/mol. The zero-order valence-corrected chi connectivity index (χ0v) is 22.5. The van der Waals surface area contributed by atoms with Crippen molar-refractivity contribution in [2.24, 2.45) is 0 Å². The zero-order chi connectivity index (χ0) is 26.4. The van der Waals surface area contributed by atoms with Crippen LogP contribution in [0.3, 0.4) is 0 Å². The van der Waals surface area contributed by atoms with E-state index in [9.17, 15) is 14.7 Å². The van der Waals surface area contributed by atoms with Gasteiger partial charge in [0.05, 0.1) is 6.04 Å². The number of nitrogens with one attached hydrogen (secondary N) is 2. The summed E-state index contributed by atoms with van der Waals surface area (Å²) >= 11 is 1.60. The second kappa shape index (κ2) is 12.2. The first kappa shape index (κ1) is 26.6. The predicted octanol–water partition coefficient (Wildman–Crippen LogP) is 4.11. The Kier molecular flexibility index (Phi) is 8.78. The first-order valence-corrected chi connectivity index (χ1v) is 13.5. The van der Waals surface area contributed by atoms with Crippen molar-refractivity contribution < 1.29 is 14.7 Å². The molecule has 0 spiro atoms. The third kappa shape index (κ3) is 6.87. The Balaban J connectivity index is 1.37. The van der Waals surface area contributed by atoms with Gasteiger partial charge in [-0.15, -0.1) is 11.3 Å². The number of carbonyl (C=O) groups excluding carboxylic acids is 2. The van der Waals surface area contributed by atoms with E-state index in [1.165, 1.54) is 0 Å². The lowest BCUT2D eigenvalue weighted by molar-refractivity contribution is 0.0735. The van der Waals surface area contributed by atoms with Gasteiger partial charge in [0, 0.05) is 61.6 Å². The normalized spacial score (nSPS) is 15.1. The lowest BCUT2D eigenvalue weighted by Crippen LogP contribution is -2.31. The maximum absolute atomic E-state index is 13.6. The van der Waals surface area contributed by atoms with Crippen LogP contribution in [0.4, 0.5) is 5.69 Å². The average Bonchev–Trinajstić information content (AvgIpc) is 3.54. The SMILES string of the molecule is Cc1csc(C2CCCN2C(=O)c2cc(C(=O)NCCCNCc3cccc(O)c3)cc(N(C)C)c2)n1. The lowest BCUT2D eigenvalue weighted by atomic mass is 10.1. The number of thiazole rings is 1. The maximum Gasteiger partial charge on any atom is 0.254 e. The smallest absolute Gasteiger partial charge is 0.254 e. The Morgan fingerprint density at radius 3 is 2.70 bits per heavy atom. The highest BCUT2D eigenvalue weighted by Gasteiger charge is 2.33. The maximum atomic E-state index is 13.6. The number of hydrogen-bond donors (Lipinski definition) is 3. The molecular formula is C28H35N5O3S. The molecule has 1 saturated heterocycles. The molecule has 0 saturated carbocycles. The van der Waals surface area contributed by atoms with Gasteiger partial charge in [-0.1, -0.05) is 12.1 Å².